The molecule has 4 aliphatic rings. The van der Waals surface area contributed by atoms with Crippen LogP contribution in [0.25, 0.3) is 0 Å². The van der Waals surface area contributed by atoms with Gasteiger partial charge in [-0.25, -0.2) is 4.98 Å². The predicted octanol–water partition coefficient (Wildman–Crippen LogP) is 6.34. The van der Waals surface area contributed by atoms with Crippen LogP contribution in [0.15, 0.2) is 60.3 Å². The van der Waals surface area contributed by atoms with Crippen molar-refractivity contribution in [2.45, 2.75) is 44.2 Å². The molecule has 3 heterocycles. The maximum Gasteiger partial charge on any atom is 0.417 e. The van der Waals surface area contributed by atoms with E-state index < -0.39 is 63.6 Å². The first-order valence-electron chi connectivity index (χ1n) is 15.5. The summed E-state index contributed by atoms with van der Waals surface area (Å²) in [5, 5.41) is 11.4. The topological polar surface area (TPSA) is 120 Å². The summed E-state index contributed by atoms with van der Waals surface area (Å²) in [6.07, 6.45) is -2.02. The first-order valence-corrected chi connectivity index (χ1v) is 16.3. The number of allylic oxidation sites excluding steroid dienone is 2. The summed E-state index contributed by atoms with van der Waals surface area (Å²) in [6, 6.07) is 10.6. The normalized spacial score (nSPS) is 28.0. The maximum absolute atomic E-state index is 15.1. The number of halogens is 5. The number of carbonyl (C=O) groups excluding carboxylic acids is 4. The molecule has 3 fully saturated rings. The Labute approximate surface area is 288 Å². The number of hydrogen-bond acceptors (Lipinski definition) is 7. The molecule has 2 aliphatic carbocycles. The van der Waals surface area contributed by atoms with Crippen LogP contribution in [0.5, 0.6) is 5.75 Å². The minimum atomic E-state index is -4.73. The quantitative estimate of drug-likeness (QED) is 0.239. The molecule has 2 N–H and O–H groups in total. The van der Waals surface area contributed by atoms with E-state index in [9.17, 15) is 32.7 Å². The van der Waals surface area contributed by atoms with Crippen LogP contribution < -0.4 is 5.43 Å². The Morgan fingerprint density at radius 3 is 2.22 bits per heavy atom. The number of phenols is 1. The van der Waals surface area contributed by atoms with Gasteiger partial charge in [-0.1, -0.05) is 59.1 Å². The lowest BCUT2D eigenvalue weighted by atomic mass is 9.49. The summed E-state index contributed by atoms with van der Waals surface area (Å²) >= 11 is 12.5. The molecule has 0 unspecified atom stereocenters. The highest BCUT2D eigenvalue weighted by Gasteiger charge is 2.70. The third kappa shape index (κ3) is 4.78. The molecular formula is C35H29Cl2F3N4O5. The van der Waals surface area contributed by atoms with E-state index >= 15 is 4.79 Å². The van der Waals surface area contributed by atoms with E-state index in [1.54, 1.807) is 50.2 Å². The molecule has 2 aliphatic heterocycles. The lowest BCUT2D eigenvalue weighted by molar-refractivity contribution is -0.140. The van der Waals surface area contributed by atoms with E-state index in [-0.39, 0.29) is 36.2 Å². The summed E-state index contributed by atoms with van der Waals surface area (Å²) in [6.45, 7) is 3.43. The van der Waals surface area contributed by atoms with Crippen LogP contribution in [-0.2, 0) is 30.8 Å². The van der Waals surface area contributed by atoms with Gasteiger partial charge in [0.25, 0.3) is 11.8 Å². The van der Waals surface area contributed by atoms with Crippen molar-refractivity contribution in [1.82, 2.24) is 14.9 Å². The number of aryl methyl sites for hydroxylation is 2. The van der Waals surface area contributed by atoms with Gasteiger partial charge in [0.15, 0.2) is 5.82 Å². The number of nitrogens with one attached hydrogen (secondary N) is 1. The molecule has 4 amide bonds. The highest BCUT2D eigenvalue weighted by Crippen LogP contribution is 2.64. The second-order valence-corrected chi connectivity index (χ2v) is 14.0. The van der Waals surface area contributed by atoms with Crippen LogP contribution in [0.1, 0.15) is 46.6 Å². The van der Waals surface area contributed by atoms with Gasteiger partial charge in [-0.05, 0) is 73.1 Å². The number of anilines is 1. The number of nitrogens with zero attached hydrogens (tertiary/aromatic N) is 3. The van der Waals surface area contributed by atoms with Gasteiger partial charge in [0.1, 0.15) is 5.75 Å². The van der Waals surface area contributed by atoms with Crippen molar-refractivity contribution in [3.8, 4) is 5.75 Å². The van der Waals surface area contributed by atoms with Gasteiger partial charge >= 0.3 is 6.18 Å². The molecule has 0 bridgehead atoms. The van der Waals surface area contributed by atoms with E-state index in [1.165, 1.54) is 7.05 Å². The van der Waals surface area contributed by atoms with Crippen LogP contribution >= 0.6 is 23.2 Å². The molecule has 7 rings (SSSR count). The van der Waals surface area contributed by atoms with Crippen molar-refractivity contribution >= 4 is 52.6 Å². The van der Waals surface area contributed by atoms with Crippen molar-refractivity contribution in [3.05, 3.63) is 98.2 Å². The van der Waals surface area contributed by atoms with Gasteiger partial charge in [0.05, 0.1) is 33.8 Å². The van der Waals surface area contributed by atoms with E-state index in [0.717, 1.165) is 9.91 Å². The molecule has 14 heteroatoms. The largest absolute Gasteiger partial charge is 0.507 e. The first kappa shape index (κ1) is 33.1. The lowest BCUT2D eigenvalue weighted by Crippen LogP contribution is -2.53. The SMILES string of the molecule is Cc1cc([C@H]2C3=CC[C@@H]4C(=O)N(C)C(=O)[C@@H]4[C@@H]3C[C@H]3C(=O)N(Nc4ncc(C(F)(F)F)cc4Cl)C(=O)[C@@]23c2ccc(Cl)cc2)cc(C)c1O. The maximum atomic E-state index is 15.1. The second kappa shape index (κ2) is 11.3. The van der Waals surface area contributed by atoms with Crippen molar-refractivity contribution in [1.29, 1.82) is 0 Å². The van der Waals surface area contributed by atoms with Gasteiger partial charge in [0, 0.05) is 24.2 Å². The number of aromatic hydroxyl groups is 1. The summed E-state index contributed by atoms with van der Waals surface area (Å²) in [5.74, 6) is -6.37. The number of carbonyl (C=O) groups is 4. The van der Waals surface area contributed by atoms with E-state index in [0.29, 0.717) is 45.1 Å². The average Bonchev–Trinajstić information content (AvgIpc) is 3.40. The van der Waals surface area contributed by atoms with Crippen molar-refractivity contribution in [2.75, 3.05) is 12.5 Å². The minimum absolute atomic E-state index is 0.0198. The molecule has 2 aromatic carbocycles. The Bertz CT molecular complexity index is 1980. The third-order valence-electron chi connectivity index (χ3n) is 10.6. The van der Waals surface area contributed by atoms with Crippen LogP contribution in [0.4, 0.5) is 19.0 Å². The van der Waals surface area contributed by atoms with Gasteiger partial charge in [-0.3, -0.25) is 29.5 Å². The summed E-state index contributed by atoms with van der Waals surface area (Å²) in [7, 11) is 1.43. The molecule has 9 nitrogen and oxygen atoms in total. The second-order valence-electron chi connectivity index (χ2n) is 13.2. The number of hydrogen-bond donors (Lipinski definition) is 2. The van der Waals surface area contributed by atoms with Crippen LogP contribution in [0.2, 0.25) is 10.0 Å². The number of benzene rings is 2. The molecule has 1 saturated carbocycles. The number of likely N-dealkylation sites (tertiary alicyclic amines) is 1. The Kier molecular flexibility index (Phi) is 7.64. The summed E-state index contributed by atoms with van der Waals surface area (Å²) in [4.78, 5) is 61.4. The van der Waals surface area contributed by atoms with E-state index in [2.05, 4.69) is 10.4 Å². The summed E-state index contributed by atoms with van der Waals surface area (Å²) in [5.41, 5.74) is 2.64. The monoisotopic (exact) mass is 712 g/mol. The van der Waals surface area contributed by atoms with Crippen LogP contribution in [-0.4, -0.2) is 50.7 Å². The smallest absolute Gasteiger partial charge is 0.417 e. The fourth-order valence-corrected chi connectivity index (χ4v) is 8.81. The Hall–Kier alpha value is -4.42. The highest BCUT2D eigenvalue weighted by molar-refractivity contribution is 6.33. The average molecular weight is 714 g/mol. The van der Waals surface area contributed by atoms with Crippen molar-refractivity contribution in [2.24, 2.45) is 23.7 Å². The predicted molar refractivity (Wildman–Crippen MR) is 172 cm³/mol. The lowest BCUT2D eigenvalue weighted by Gasteiger charge is -2.50. The molecule has 254 valence electrons. The van der Waals surface area contributed by atoms with Crippen molar-refractivity contribution in [3.63, 3.8) is 0 Å². The number of phenolic OH excluding ortho intramolecular Hbond substituents is 1. The number of aromatic nitrogens is 1. The molecule has 3 aromatic rings. The van der Waals surface area contributed by atoms with Gasteiger partial charge < -0.3 is 5.11 Å². The number of alkyl halides is 3. The molecule has 1 aromatic heterocycles. The minimum Gasteiger partial charge on any atom is -0.507 e. The third-order valence-corrected chi connectivity index (χ3v) is 11.2. The molecular weight excluding hydrogens is 684 g/mol. The number of amides is 4. The zero-order chi connectivity index (χ0) is 35.3. The fourth-order valence-electron chi connectivity index (χ4n) is 8.47. The van der Waals surface area contributed by atoms with Crippen molar-refractivity contribution < 1.29 is 37.5 Å². The zero-order valence-corrected chi connectivity index (χ0v) is 27.8. The van der Waals surface area contributed by atoms with Gasteiger partial charge in [0.2, 0.25) is 11.8 Å². The number of imide groups is 2. The first-order chi connectivity index (χ1) is 23.1. The molecule has 0 spiro atoms. The molecule has 6 atom stereocenters. The number of fused-ring (bicyclic) bond motifs is 4. The van der Waals surface area contributed by atoms with E-state index in [1.807, 2.05) is 6.08 Å². The standard InChI is InChI=1S/C35H29Cl2F3N4O5/c1-15-10-17(11-16(2)28(15)45)27-21-8-9-22-26(32(48)43(3)30(22)46)23(21)13-24-31(47)44(33(49)34(24,27)18-4-6-20(36)7-5-18)42-29-25(37)12-19(14-41-29)35(38,39)40/h4-8,10-12,14,22-24,26-27,45H,9,13H2,1-3H3,(H,41,42)/t22-,23+,24-,26-,27-,34+/m0/s1. The molecule has 0 radical (unpaired) electrons. The number of hydrazine groups is 1. The van der Waals surface area contributed by atoms with Gasteiger partial charge in [-0.15, -0.1) is 0 Å². The fraction of sp³-hybridized carbons (Fsp3) is 0.343. The van der Waals surface area contributed by atoms with Crippen LogP contribution in [0, 0.1) is 37.5 Å². The number of pyridine rings is 1. The zero-order valence-electron chi connectivity index (χ0n) is 26.3. The van der Waals surface area contributed by atoms with E-state index in [4.69, 9.17) is 23.2 Å². The van der Waals surface area contributed by atoms with Crippen LogP contribution in [0.3, 0.4) is 0 Å². The summed E-state index contributed by atoms with van der Waals surface area (Å²) < 4.78 is 40.1. The highest BCUT2D eigenvalue weighted by atomic mass is 35.5. The number of rotatable bonds is 4. The Morgan fingerprint density at radius 1 is 0.959 bits per heavy atom. The molecule has 2 saturated heterocycles. The Morgan fingerprint density at radius 2 is 1.61 bits per heavy atom. The molecule has 49 heavy (non-hydrogen) atoms. The Balaban J connectivity index is 1.46. The van der Waals surface area contributed by atoms with Gasteiger partial charge in [-0.2, -0.15) is 18.2 Å².